The first-order chi connectivity index (χ1) is 28.5. The van der Waals surface area contributed by atoms with Crippen molar-refractivity contribution in [2.75, 3.05) is 54.9 Å². The zero-order chi connectivity index (χ0) is 43.9. The number of hydroxylamine groups is 2. The van der Waals surface area contributed by atoms with Crippen LogP contribution in [0.3, 0.4) is 0 Å². The molecule has 5 N–H and O–H groups in total. The molecule has 1 unspecified atom stereocenters. The van der Waals surface area contributed by atoms with E-state index in [9.17, 15) is 50.5 Å². The Morgan fingerprint density at radius 1 is 0.867 bits per heavy atom. The number of carbonyl (C=O) groups is 5. The second kappa shape index (κ2) is 22.9. The molecule has 0 saturated carbocycles. The van der Waals surface area contributed by atoms with E-state index in [-0.39, 0.29) is 87.6 Å². The zero-order valence-corrected chi connectivity index (χ0v) is 35.0. The molecular weight excluding hydrogens is 853 g/mol. The molecule has 1 heterocycles. The number of ketones is 1. The van der Waals surface area contributed by atoms with Gasteiger partial charge < -0.3 is 20.2 Å². The molecule has 60 heavy (non-hydrogen) atoms. The van der Waals surface area contributed by atoms with Gasteiger partial charge in [-0.25, -0.2) is 14.6 Å². The van der Waals surface area contributed by atoms with Gasteiger partial charge in [0.25, 0.3) is 32.1 Å². The van der Waals surface area contributed by atoms with Gasteiger partial charge in [-0.15, -0.1) is 9.40 Å². The fraction of sp³-hybridized carbons (Fsp3) is 0.514. The molecule has 20 nitrogen and oxygen atoms in total. The normalized spacial score (nSPS) is 17.9. The van der Waals surface area contributed by atoms with E-state index in [0.29, 0.717) is 48.0 Å². The molecule has 2 aliphatic carbocycles. The summed E-state index contributed by atoms with van der Waals surface area (Å²) in [6.07, 6.45) is 8.62. The van der Waals surface area contributed by atoms with Gasteiger partial charge in [0.1, 0.15) is 18.8 Å². The van der Waals surface area contributed by atoms with E-state index in [4.69, 9.17) is 14.6 Å². The molecule has 0 spiro atoms. The molecule has 1 aromatic carbocycles. The highest BCUT2D eigenvalue weighted by Gasteiger charge is 2.44. The predicted octanol–water partition coefficient (Wildman–Crippen LogP) is 2.46. The van der Waals surface area contributed by atoms with E-state index in [2.05, 4.69) is 14.7 Å². The van der Waals surface area contributed by atoms with Gasteiger partial charge >= 0.3 is 5.97 Å². The molecule has 330 valence electrons. The molecule has 0 aromatic heterocycles. The fourth-order valence-corrected chi connectivity index (χ4v) is 8.07. The number of allylic oxidation sites excluding steroid dienone is 6. The molecule has 3 amide bonds. The Bertz CT molecular complexity index is 2050. The Morgan fingerprint density at radius 2 is 1.48 bits per heavy atom. The fourth-order valence-electron chi connectivity index (χ4n) is 6.71. The highest BCUT2D eigenvalue weighted by Crippen LogP contribution is 2.42. The molecule has 4 rings (SSSR count). The number of rotatable bonds is 26. The number of aliphatic hydroxyl groups is 1. The van der Waals surface area contributed by atoms with Gasteiger partial charge in [0, 0.05) is 99.7 Å². The third-order valence-corrected chi connectivity index (χ3v) is 11.9. The summed E-state index contributed by atoms with van der Waals surface area (Å²) in [5.41, 5.74) is 2.01. The monoisotopic (exact) mass is 901 g/mol. The van der Waals surface area contributed by atoms with Crippen molar-refractivity contribution in [3.05, 3.63) is 59.9 Å². The van der Waals surface area contributed by atoms with Crippen LogP contribution in [0.2, 0.25) is 0 Å². The van der Waals surface area contributed by atoms with Crippen molar-refractivity contribution in [2.24, 2.45) is 11.8 Å². The van der Waals surface area contributed by atoms with Crippen molar-refractivity contribution < 1.29 is 79.1 Å². The number of hydrogen-bond donors (Lipinski definition) is 5. The summed E-state index contributed by atoms with van der Waals surface area (Å²) in [6.45, 7) is 1.51. The van der Waals surface area contributed by atoms with Crippen LogP contribution >= 0.6 is 12.0 Å². The second-order valence-electron chi connectivity index (χ2n) is 14.0. The van der Waals surface area contributed by atoms with Gasteiger partial charge in [0.05, 0.1) is 23.0 Å². The summed E-state index contributed by atoms with van der Waals surface area (Å²) < 4.78 is 69.0. The van der Waals surface area contributed by atoms with E-state index in [1.54, 1.807) is 29.2 Å². The molecule has 0 bridgehead atoms. The molecule has 3 aliphatic rings. The SMILES string of the molecule is O=C(CCC[N+](CCCSOOO)=C1C=CC(C2C(=O)C(c3ccc(N(CCCC(=O)ON4C(=O)CCC4=O)CCCS(=O)(=O)O)cc3)=C2O)C=C1)NCCCS(=O)(=O)O. The van der Waals surface area contributed by atoms with Gasteiger partial charge in [-0.3, -0.25) is 28.3 Å². The molecule has 0 radical (unpaired) electrons. The van der Waals surface area contributed by atoms with Crippen LogP contribution in [-0.4, -0.2) is 131 Å². The first-order valence-corrected chi connectivity index (χ1v) is 23.2. The topological polar surface area (TPSA) is 284 Å². The maximum Gasteiger partial charge on any atom is 0.333 e. The van der Waals surface area contributed by atoms with Crippen molar-refractivity contribution in [1.29, 1.82) is 0 Å². The number of benzene rings is 1. The smallest absolute Gasteiger partial charge is 0.333 e. The number of carbonyl (C=O) groups excluding carboxylic acids is 5. The lowest BCUT2D eigenvalue weighted by Crippen LogP contribution is -2.36. The second-order valence-corrected chi connectivity index (χ2v) is 18.0. The van der Waals surface area contributed by atoms with Crippen molar-refractivity contribution >= 4 is 78.7 Å². The van der Waals surface area contributed by atoms with Crippen LogP contribution < -0.4 is 10.2 Å². The summed E-state index contributed by atoms with van der Waals surface area (Å²) in [6, 6.07) is 6.62. The number of hydrogen-bond acceptors (Lipinski definition) is 16. The minimum atomic E-state index is -4.23. The molecule has 1 saturated heterocycles. The van der Waals surface area contributed by atoms with Crippen LogP contribution in [0, 0.1) is 11.8 Å². The quantitative estimate of drug-likeness (QED) is 0.0170. The average molecular weight is 902 g/mol. The standard InChI is InChI=1S/C37H48N4O16S3/c42-30(38-18-3-24-59(49,50)51)6-1-19-39(21-4-23-58-57-56-48)28-12-8-26(9-13-28)34-36(46)35(37(34)47)27-10-14-29(15-11-27)40(22-5-25-60(52,53)54)20-2-7-33(45)55-41-31(43)16-17-32(41)44/h8-15,26,34H,1-7,16-25H2,(H4-,38,42,46,48,49,50,51,52,53,54)/p+1. The maximum absolute atomic E-state index is 13.5. The predicted molar refractivity (Wildman–Crippen MR) is 216 cm³/mol. The minimum absolute atomic E-state index is 0.0396. The number of nitrogens with one attached hydrogen (secondary N) is 1. The summed E-state index contributed by atoms with van der Waals surface area (Å²) >= 11 is 0.907. The maximum atomic E-state index is 13.5. The average Bonchev–Trinajstić information content (AvgIpc) is 3.50. The number of nitrogens with zero attached hydrogens (tertiary/aromatic N) is 3. The van der Waals surface area contributed by atoms with E-state index in [1.165, 1.54) is 0 Å². The molecule has 23 heteroatoms. The molecule has 1 atom stereocenters. The number of aliphatic hydroxyl groups excluding tert-OH is 1. The third-order valence-electron chi connectivity index (χ3n) is 9.63. The first-order valence-electron chi connectivity index (χ1n) is 19.1. The number of Topliss-reactive ketones (excluding diaryl/α,β-unsaturated/α-hetero) is 1. The Labute approximate surface area is 351 Å². The van der Waals surface area contributed by atoms with Gasteiger partial charge in [-0.05, 0) is 37.0 Å². The highest BCUT2D eigenvalue weighted by molar-refractivity contribution is 7.94. The van der Waals surface area contributed by atoms with Gasteiger partial charge in [-0.1, -0.05) is 29.3 Å². The number of imide groups is 1. The van der Waals surface area contributed by atoms with Crippen LogP contribution in [-0.2, 0) is 58.4 Å². The summed E-state index contributed by atoms with van der Waals surface area (Å²) in [7, 11) is -8.34. The van der Waals surface area contributed by atoms with Crippen molar-refractivity contribution in [3.8, 4) is 0 Å². The Balaban J connectivity index is 1.38. The molecule has 1 aromatic rings. The summed E-state index contributed by atoms with van der Waals surface area (Å²) in [5, 5.41) is 26.2. The van der Waals surface area contributed by atoms with E-state index in [0.717, 1.165) is 17.8 Å². The number of anilines is 1. The molecule has 1 fully saturated rings. The molecular formula is C37H49N4O16S3+. The highest BCUT2D eigenvalue weighted by atomic mass is 32.2. The lowest BCUT2D eigenvalue weighted by atomic mass is 9.71. The van der Waals surface area contributed by atoms with Gasteiger partial charge in [0.2, 0.25) is 5.91 Å². The van der Waals surface area contributed by atoms with Gasteiger partial charge in [-0.2, -0.15) is 16.8 Å². The minimum Gasteiger partial charge on any atom is -0.511 e. The van der Waals surface area contributed by atoms with E-state index < -0.39 is 61.4 Å². The van der Waals surface area contributed by atoms with Crippen LogP contribution in [0.15, 0.2) is 54.3 Å². The van der Waals surface area contributed by atoms with Crippen LogP contribution in [0.5, 0.6) is 0 Å². The lowest BCUT2D eigenvalue weighted by Gasteiger charge is -2.32. The number of amides is 3. The van der Waals surface area contributed by atoms with E-state index in [1.807, 2.05) is 28.9 Å². The lowest BCUT2D eigenvalue weighted by molar-refractivity contribution is -0.526. The van der Waals surface area contributed by atoms with Gasteiger partial charge in [0.15, 0.2) is 11.5 Å². The van der Waals surface area contributed by atoms with E-state index >= 15 is 0 Å². The van der Waals surface area contributed by atoms with Crippen LogP contribution in [0.25, 0.3) is 5.57 Å². The Kier molecular flexibility index (Phi) is 18.4. The first kappa shape index (κ1) is 48.2. The zero-order valence-electron chi connectivity index (χ0n) is 32.5. The van der Waals surface area contributed by atoms with Crippen molar-refractivity contribution in [2.45, 2.75) is 57.8 Å². The summed E-state index contributed by atoms with van der Waals surface area (Å²) in [4.78, 5) is 68.3. The van der Waals surface area contributed by atoms with Crippen molar-refractivity contribution in [1.82, 2.24) is 10.4 Å². The summed E-state index contributed by atoms with van der Waals surface area (Å²) in [5.74, 6) is -4.37. The largest absolute Gasteiger partial charge is 0.511 e. The molecule has 1 aliphatic heterocycles. The van der Waals surface area contributed by atoms with Crippen LogP contribution in [0.4, 0.5) is 5.69 Å². The third kappa shape index (κ3) is 15.2. The van der Waals surface area contributed by atoms with Crippen molar-refractivity contribution in [3.63, 3.8) is 0 Å². The Hall–Kier alpha value is -4.49. The van der Waals surface area contributed by atoms with Crippen LogP contribution in [0.1, 0.15) is 63.4 Å². The Morgan fingerprint density at radius 3 is 2.10 bits per heavy atom.